The van der Waals surface area contributed by atoms with Gasteiger partial charge in [-0.1, -0.05) is 30.7 Å². The molecule has 1 aromatic carbocycles. The van der Waals surface area contributed by atoms with Gasteiger partial charge in [-0.2, -0.15) is 5.10 Å². The van der Waals surface area contributed by atoms with E-state index in [1.807, 2.05) is 30.8 Å². The summed E-state index contributed by atoms with van der Waals surface area (Å²) in [5, 5.41) is 8.66. The molecule has 0 aliphatic heterocycles. The van der Waals surface area contributed by atoms with Gasteiger partial charge in [-0.25, -0.2) is 0 Å². The van der Waals surface area contributed by atoms with E-state index in [9.17, 15) is 0 Å². The summed E-state index contributed by atoms with van der Waals surface area (Å²) >= 11 is 5.98. The quantitative estimate of drug-likeness (QED) is 0.885. The molecule has 0 fully saturated rings. The highest BCUT2D eigenvalue weighted by atomic mass is 35.5. The molecule has 0 aliphatic rings. The molecular formula is C16H22ClN3. The molecule has 3 nitrogen and oxygen atoms in total. The highest BCUT2D eigenvalue weighted by molar-refractivity contribution is 6.30. The molecule has 0 saturated heterocycles. The molecule has 108 valence electrons. The smallest absolute Gasteiger partial charge is 0.0596 e. The van der Waals surface area contributed by atoms with Gasteiger partial charge in [0.2, 0.25) is 0 Å². The van der Waals surface area contributed by atoms with Crippen molar-refractivity contribution in [3.05, 3.63) is 52.3 Å². The first kappa shape index (κ1) is 15.1. The number of likely N-dealkylation sites (N-methyl/N-ethyl adjacent to an activating group) is 1. The second-order valence-corrected chi connectivity index (χ2v) is 5.60. The standard InChI is InChI=1S/C16H22ClN3/c1-4-18-11-14(13-5-7-15(17)8-6-13)10-16-9-12(2)19-20(16)3/h5-9,14,18H,4,10-11H2,1-3H3. The molecule has 0 spiro atoms. The van der Waals surface area contributed by atoms with Gasteiger partial charge in [-0.05, 0) is 43.7 Å². The van der Waals surface area contributed by atoms with Crippen molar-refractivity contribution in [2.75, 3.05) is 13.1 Å². The molecular weight excluding hydrogens is 270 g/mol. The van der Waals surface area contributed by atoms with Crippen LogP contribution in [0.1, 0.15) is 29.8 Å². The molecule has 0 saturated carbocycles. The maximum Gasteiger partial charge on any atom is 0.0596 e. The van der Waals surface area contributed by atoms with E-state index in [0.717, 1.165) is 30.2 Å². The largest absolute Gasteiger partial charge is 0.316 e. The summed E-state index contributed by atoms with van der Waals surface area (Å²) in [6.07, 6.45) is 0.978. The molecule has 1 N–H and O–H groups in total. The number of benzene rings is 1. The van der Waals surface area contributed by atoms with Crippen molar-refractivity contribution in [1.29, 1.82) is 0 Å². The van der Waals surface area contributed by atoms with Crippen LogP contribution in [0.5, 0.6) is 0 Å². The second-order valence-electron chi connectivity index (χ2n) is 5.16. The molecule has 1 heterocycles. The Hall–Kier alpha value is -1.32. The summed E-state index contributed by atoms with van der Waals surface area (Å²) in [4.78, 5) is 0. The van der Waals surface area contributed by atoms with Crippen LogP contribution in [0.2, 0.25) is 5.02 Å². The van der Waals surface area contributed by atoms with Gasteiger partial charge < -0.3 is 5.32 Å². The van der Waals surface area contributed by atoms with Crippen LogP contribution in [-0.2, 0) is 13.5 Å². The van der Waals surface area contributed by atoms with Crippen LogP contribution >= 0.6 is 11.6 Å². The molecule has 2 rings (SSSR count). The van der Waals surface area contributed by atoms with E-state index in [2.05, 4.69) is 35.5 Å². The monoisotopic (exact) mass is 291 g/mol. The van der Waals surface area contributed by atoms with Crippen LogP contribution in [0.25, 0.3) is 0 Å². The van der Waals surface area contributed by atoms with Crippen molar-refractivity contribution in [3.63, 3.8) is 0 Å². The van der Waals surface area contributed by atoms with Crippen LogP contribution in [-0.4, -0.2) is 22.9 Å². The van der Waals surface area contributed by atoms with Crippen molar-refractivity contribution in [3.8, 4) is 0 Å². The van der Waals surface area contributed by atoms with Crippen LogP contribution in [0.15, 0.2) is 30.3 Å². The number of hydrogen-bond acceptors (Lipinski definition) is 2. The molecule has 20 heavy (non-hydrogen) atoms. The molecule has 1 atom stereocenters. The average Bonchev–Trinajstić information content (AvgIpc) is 2.74. The van der Waals surface area contributed by atoms with E-state index in [4.69, 9.17) is 11.6 Å². The minimum absolute atomic E-state index is 0.432. The number of rotatable bonds is 6. The van der Waals surface area contributed by atoms with Crippen molar-refractivity contribution >= 4 is 11.6 Å². The van der Waals surface area contributed by atoms with E-state index in [1.54, 1.807) is 0 Å². The first-order valence-corrected chi connectivity index (χ1v) is 7.43. The third-order valence-corrected chi connectivity index (χ3v) is 3.79. The number of hydrogen-bond donors (Lipinski definition) is 1. The zero-order valence-electron chi connectivity index (χ0n) is 12.4. The Morgan fingerprint density at radius 2 is 2.00 bits per heavy atom. The first-order chi connectivity index (χ1) is 9.60. The molecule has 1 aromatic heterocycles. The van der Waals surface area contributed by atoms with Crippen LogP contribution in [0.3, 0.4) is 0 Å². The highest BCUT2D eigenvalue weighted by Crippen LogP contribution is 2.22. The fourth-order valence-corrected chi connectivity index (χ4v) is 2.60. The number of halogens is 1. The molecule has 0 bridgehead atoms. The van der Waals surface area contributed by atoms with Crippen molar-refractivity contribution in [2.24, 2.45) is 7.05 Å². The fraction of sp³-hybridized carbons (Fsp3) is 0.438. The predicted octanol–water partition coefficient (Wildman–Crippen LogP) is 3.32. The molecule has 4 heteroatoms. The summed E-state index contributed by atoms with van der Waals surface area (Å²) in [6, 6.07) is 10.3. The fourth-order valence-electron chi connectivity index (χ4n) is 2.47. The van der Waals surface area contributed by atoms with Crippen molar-refractivity contribution in [2.45, 2.75) is 26.2 Å². The lowest BCUT2D eigenvalue weighted by atomic mass is 9.94. The topological polar surface area (TPSA) is 29.9 Å². The van der Waals surface area contributed by atoms with E-state index in [0.29, 0.717) is 5.92 Å². The van der Waals surface area contributed by atoms with Crippen LogP contribution < -0.4 is 5.32 Å². The lowest BCUT2D eigenvalue weighted by Gasteiger charge is -2.18. The SMILES string of the molecule is CCNCC(Cc1cc(C)nn1C)c1ccc(Cl)cc1. The Bertz CT molecular complexity index is 545. The number of nitrogens with one attached hydrogen (secondary N) is 1. The summed E-state index contributed by atoms with van der Waals surface area (Å²) in [7, 11) is 2.01. The van der Waals surface area contributed by atoms with E-state index < -0.39 is 0 Å². The third kappa shape index (κ3) is 3.84. The molecule has 2 aromatic rings. The molecule has 0 radical (unpaired) electrons. The number of nitrogens with zero attached hydrogens (tertiary/aromatic N) is 2. The average molecular weight is 292 g/mol. The Labute approximate surface area is 126 Å². The van der Waals surface area contributed by atoms with Crippen LogP contribution in [0.4, 0.5) is 0 Å². The van der Waals surface area contributed by atoms with Gasteiger partial charge in [0.05, 0.1) is 5.69 Å². The summed E-state index contributed by atoms with van der Waals surface area (Å²) in [5.74, 6) is 0.432. The van der Waals surface area contributed by atoms with Gasteiger partial charge >= 0.3 is 0 Å². The van der Waals surface area contributed by atoms with Gasteiger partial charge in [0.25, 0.3) is 0 Å². The summed E-state index contributed by atoms with van der Waals surface area (Å²) in [6.45, 7) is 6.11. The zero-order chi connectivity index (χ0) is 14.5. The third-order valence-electron chi connectivity index (χ3n) is 3.54. The highest BCUT2D eigenvalue weighted by Gasteiger charge is 2.14. The lowest BCUT2D eigenvalue weighted by molar-refractivity contribution is 0.570. The van der Waals surface area contributed by atoms with E-state index >= 15 is 0 Å². The first-order valence-electron chi connectivity index (χ1n) is 7.06. The summed E-state index contributed by atoms with van der Waals surface area (Å²) < 4.78 is 1.98. The zero-order valence-corrected chi connectivity index (χ0v) is 13.1. The number of aryl methyl sites for hydroxylation is 2. The number of aromatic nitrogens is 2. The maximum absolute atomic E-state index is 5.98. The molecule has 0 aliphatic carbocycles. The maximum atomic E-state index is 5.98. The minimum Gasteiger partial charge on any atom is -0.316 e. The van der Waals surface area contributed by atoms with Crippen LogP contribution in [0, 0.1) is 6.92 Å². The van der Waals surface area contributed by atoms with Gasteiger partial charge in [-0.3, -0.25) is 4.68 Å². The Morgan fingerprint density at radius 3 is 2.55 bits per heavy atom. The predicted molar refractivity (Wildman–Crippen MR) is 84.4 cm³/mol. The van der Waals surface area contributed by atoms with Gasteiger partial charge in [0.15, 0.2) is 0 Å². The van der Waals surface area contributed by atoms with Gasteiger partial charge in [-0.15, -0.1) is 0 Å². The normalized spacial score (nSPS) is 12.6. The molecule has 1 unspecified atom stereocenters. The van der Waals surface area contributed by atoms with Gasteiger partial charge in [0, 0.05) is 30.2 Å². The second kappa shape index (κ2) is 6.91. The van der Waals surface area contributed by atoms with E-state index in [-0.39, 0.29) is 0 Å². The van der Waals surface area contributed by atoms with Crippen molar-refractivity contribution in [1.82, 2.24) is 15.1 Å². The Morgan fingerprint density at radius 1 is 1.30 bits per heavy atom. The van der Waals surface area contributed by atoms with Gasteiger partial charge in [0.1, 0.15) is 0 Å². The molecule has 0 amide bonds. The summed E-state index contributed by atoms with van der Waals surface area (Å²) in [5.41, 5.74) is 3.65. The lowest BCUT2D eigenvalue weighted by Crippen LogP contribution is -2.23. The Kier molecular flexibility index (Phi) is 5.21. The minimum atomic E-state index is 0.432. The van der Waals surface area contributed by atoms with Crippen molar-refractivity contribution < 1.29 is 0 Å². The van der Waals surface area contributed by atoms with E-state index in [1.165, 1.54) is 11.3 Å². The Balaban J connectivity index is 2.18.